The Bertz CT molecular complexity index is 204. The molecule has 0 saturated carbocycles. The van der Waals surface area contributed by atoms with E-state index >= 15 is 0 Å². The second-order valence-electron chi connectivity index (χ2n) is 5.19. The Labute approximate surface area is 126 Å². The maximum Gasteiger partial charge on any atom is 0.283 e. The number of ether oxygens (including phenoxy) is 1. The molecule has 0 aliphatic carbocycles. The van der Waals surface area contributed by atoms with Gasteiger partial charge in [-0.15, -0.1) is 45.4 Å². The number of hydrogen-bond acceptors (Lipinski definition) is 1. The average molecular weight is 340 g/mol. The summed E-state index contributed by atoms with van der Waals surface area (Å²) in [6.07, 6.45) is 4.29. The summed E-state index contributed by atoms with van der Waals surface area (Å²) >= 11 is 23.6. The van der Waals surface area contributed by atoms with Crippen molar-refractivity contribution in [2.24, 2.45) is 0 Å². The molecule has 0 aromatic carbocycles. The minimum absolute atomic E-state index is 0.0428. The van der Waals surface area contributed by atoms with Gasteiger partial charge >= 0.3 is 0 Å². The predicted molar refractivity (Wildman–Crippen MR) is 81.9 cm³/mol. The van der Waals surface area contributed by atoms with E-state index in [2.05, 4.69) is 20.8 Å². The van der Waals surface area contributed by atoms with Gasteiger partial charge in [0.2, 0.25) is 0 Å². The molecule has 0 bridgehead atoms. The third-order valence-electron chi connectivity index (χ3n) is 2.26. The zero-order valence-electron chi connectivity index (χ0n) is 10.7. The van der Waals surface area contributed by atoms with Crippen LogP contribution in [0.5, 0.6) is 0 Å². The molecule has 0 spiro atoms. The third kappa shape index (κ3) is 10.9. The third-order valence-corrected chi connectivity index (χ3v) is 9.94. The van der Waals surface area contributed by atoms with Gasteiger partial charge in [-0.2, -0.15) is 0 Å². The molecule has 0 saturated heterocycles. The van der Waals surface area contributed by atoms with E-state index in [-0.39, 0.29) is 5.60 Å². The lowest BCUT2D eigenvalue weighted by molar-refractivity contribution is -0.00471. The molecule has 0 radical (unpaired) electrons. The molecule has 0 aromatic rings. The molecule has 17 heavy (non-hydrogen) atoms. The van der Waals surface area contributed by atoms with Crippen LogP contribution in [0.3, 0.4) is 0 Å². The fourth-order valence-corrected chi connectivity index (χ4v) is 3.70. The average Bonchev–Trinajstić information content (AvgIpc) is 2.14. The van der Waals surface area contributed by atoms with Crippen molar-refractivity contribution in [1.82, 2.24) is 0 Å². The van der Waals surface area contributed by atoms with E-state index in [1.807, 2.05) is 0 Å². The lowest BCUT2D eigenvalue weighted by Gasteiger charge is -2.19. The first-order valence-electron chi connectivity index (χ1n) is 5.95. The van der Waals surface area contributed by atoms with Crippen molar-refractivity contribution in [2.75, 3.05) is 6.61 Å². The topological polar surface area (TPSA) is 9.23 Å². The number of alkyl halides is 2. The van der Waals surface area contributed by atoms with Crippen molar-refractivity contribution in [2.45, 2.75) is 62.6 Å². The van der Waals surface area contributed by atoms with E-state index in [4.69, 9.17) is 50.1 Å². The highest BCUT2D eigenvalue weighted by Crippen LogP contribution is 2.32. The van der Waals surface area contributed by atoms with Crippen molar-refractivity contribution in [3.05, 3.63) is 0 Å². The lowest BCUT2D eigenvalue weighted by Crippen LogP contribution is -2.28. The molecule has 0 rings (SSSR count). The quantitative estimate of drug-likeness (QED) is 0.241. The first kappa shape index (κ1) is 18.3. The summed E-state index contributed by atoms with van der Waals surface area (Å²) in [7, 11) is 0. The Kier molecular flexibility index (Phi) is 9.16. The molecular formula is C11H22Cl4OSi. The van der Waals surface area contributed by atoms with E-state index in [0.717, 1.165) is 38.3 Å². The van der Waals surface area contributed by atoms with Crippen LogP contribution in [-0.2, 0) is 4.74 Å². The Morgan fingerprint density at radius 3 is 2.00 bits per heavy atom. The van der Waals surface area contributed by atoms with E-state index in [1.165, 1.54) is 0 Å². The van der Waals surface area contributed by atoms with Gasteiger partial charge in [0.1, 0.15) is 4.46 Å². The molecule has 6 heteroatoms. The van der Waals surface area contributed by atoms with Gasteiger partial charge in [-0.25, -0.2) is 0 Å². The first-order chi connectivity index (χ1) is 7.65. The summed E-state index contributed by atoms with van der Waals surface area (Å²) in [5.74, 6) is 0. The van der Waals surface area contributed by atoms with E-state index in [0.29, 0.717) is 0 Å². The molecule has 0 N–H and O–H groups in total. The number of unbranched alkanes of at least 4 members (excludes halogenated alkanes) is 3. The Balaban J connectivity index is 3.42. The summed E-state index contributed by atoms with van der Waals surface area (Å²) in [6, 6.07) is 0.758. The fourth-order valence-electron chi connectivity index (χ4n) is 1.30. The van der Waals surface area contributed by atoms with Crippen LogP contribution in [0.1, 0.15) is 46.5 Å². The highest BCUT2D eigenvalue weighted by molar-refractivity contribution is 7.49. The smallest absolute Gasteiger partial charge is 0.283 e. The van der Waals surface area contributed by atoms with Gasteiger partial charge in [-0.3, -0.25) is 0 Å². The Morgan fingerprint density at radius 2 is 1.53 bits per heavy atom. The maximum absolute atomic E-state index is 6.09. The summed E-state index contributed by atoms with van der Waals surface area (Å²) in [6.45, 7) is 4.57. The maximum atomic E-state index is 6.09. The van der Waals surface area contributed by atoms with Crippen LogP contribution in [0.25, 0.3) is 0 Å². The van der Waals surface area contributed by atoms with Crippen molar-refractivity contribution in [3.8, 4) is 0 Å². The van der Waals surface area contributed by atoms with Crippen LogP contribution >= 0.6 is 45.4 Å². The van der Waals surface area contributed by atoms with Gasteiger partial charge in [-0.05, 0) is 33.2 Å². The van der Waals surface area contributed by atoms with E-state index in [1.54, 1.807) is 0 Å². The molecule has 0 atom stereocenters. The second-order valence-corrected chi connectivity index (χ2v) is 14.2. The first-order valence-corrected chi connectivity index (χ1v) is 11.1. The summed E-state index contributed by atoms with van der Waals surface area (Å²) in [5, 5.41) is 0. The van der Waals surface area contributed by atoms with Crippen LogP contribution in [0.15, 0.2) is 0 Å². The lowest BCUT2D eigenvalue weighted by atomic mass is 10.2. The number of hydrogen-bond donors (Lipinski definition) is 0. The molecule has 0 aliphatic heterocycles. The zero-order chi connectivity index (χ0) is 13.5. The molecule has 104 valence electrons. The largest absolute Gasteiger partial charge is 0.376 e. The summed E-state index contributed by atoms with van der Waals surface area (Å²) in [4.78, 5) is 0. The molecule has 0 fully saturated rings. The summed E-state index contributed by atoms with van der Waals surface area (Å²) < 4.78 is 5.03. The normalized spacial score (nSPS) is 13.4. The molecule has 0 unspecified atom stereocenters. The molecule has 0 heterocycles. The minimum atomic E-state index is -2.44. The zero-order valence-corrected chi connectivity index (χ0v) is 14.8. The molecule has 0 amide bonds. The van der Waals surface area contributed by atoms with E-state index in [9.17, 15) is 0 Å². The standard InChI is InChI=1S/C11H22Cl4OSi/c1-11(2,3)16-8-6-4-5-7-9-17(14,15)10(12)13/h10H,4-9H2,1-3H3. The monoisotopic (exact) mass is 338 g/mol. The van der Waals surface area contributed by atoms with E-state index < -0.39 is 11.2 Å². The van der Waals surface area contributed by atoms with Gasteiger partial charge in [0, 0.05) is 6.61 Å². The predicted octanol–water partition coefficient (Wildman–Crippen LogP) is 5.62. The van der Waals surface area contributed by atoms with Gasteiger partial charge in [0.15, 0.2) is 0 Å². The second kappa shape index (κ2) is 8.50. The summed E-state index contributed by atoms with van der Waals surface area (Å²) in [5.41, 5.74) is -0.0428. The van der Waals surface area contributed by atoms with Crippen LogP contribution in [-0.4, -0.2) is 23.4 Å². The molecule has 1 nitrogen and oxygen atoms in total. The van der Waals surface area contributed by atoms with Gasteiger partial charge in [-0.1, -0.05) is 19.3 Å². The SMILES string of the molecule is CC(C)(C)OCCCCCC[Si](Cl)(Cl)C(Cl)Cl. The minimum Gasteiger partial charge on any atom is -0.376 e. The van der Waals surface area contributed by atoms with Gasteiger partial charge in [0.05, 0.1) is 5.60 Å². The van der Waals surface area contributed by atoms with Crippen molar-refractivity contribution < 1.29 is 4.74 Å². The van der Waals surface area contributed by atoms with Crippen LogP contribution in [0, 0.1) is 0 Å². The van der Waals surface area contributed by atoms with Gasteiger partial charge < -0.3 is 4.74 Å². The van der Waals surface area contributed by atoms with Crippen molar-refractivity contribution in [1.29, 1.82) is 0 Å². The molecular weight excluding hydrogens is 318 g/mol. The van der Waals surface area contributed by atoms with Crippen LogP contribution < -0.4 is 0 Å². The highest BCUT2D eigenvalue weighted by atomic mass is 35.7. The van der Waals surface area contributed by atoms with Gasteiger partial charge in [0.25, 0.3) is 6.69 Å². The van der Waals surface area contributed by atoms with Crippen molar-refractivity contribution >= 4 is 52.1 Å². The Morgan fingerprint density at radius 1 is 1.00 bits per heavy atom. The highest BCUT2D eigenvalue weighted by Gasteiger charge is 2.35. The molecule has 0 aromatic heterocycles. The number of rotatable bonds is 8. The van der Waals surface area contributed by atoms with Crippen LogP contribution in [0.2, 0.25) is 6.04 Å². The molecule has 0 aliphatic rings. The Hall–Kier alpha value is 1.34. The number of halogens is 4. The van der Waals surface area contributed by atoms with Crippen molar-refractivity contribution in [3.63, 3.8) is 0 Å². The van der Waals surface area contributed by atoms with Crippen LogP contribution in [0.4, 0.5) is 0 Å². The fraction of sp³-hybridized carbons (Fsp3) is 1.00.